The van der Waals surface area contributed by atoms with Gasteiger partial charge in [-0.2, -0.15) is 5.10 Å². The molecule has 0 amide bonds. The zero-order valence-corrected chi connectivity index (χ0v) is 10.1. The van der Waals surface area contributed by atoms with E-state index in [-0.39, 0.29) is 0 Å². The molecule has 88 valence electrons. The van der Waals surface area contributed by atoms with Crippen LogP contribution in [0.25, 0.3) is 0 Å². The monoisotopic (exact) mass is 227 g/mol. The first-order valence-electron chi connectivity index (χ1n) is 6.10. The van der Waals surface area contributed by atoms with E-state index < -0.39 is 0 Å². The molecule has 0 fully saturated rings. The van der Waals surface area contributed by atoms with Crippen molar-refractivity contribution < 1.29 is 0 Å². The van der Waals surface area contributed by atoms with E-state index in [2.05, 4.69) is 40.7 Å². The van der Waals surface area contributed by atoms with Gasteiger partial charge >= 0.3 is 0 Å². The van der Waals surface area contributed by atoms with Gasteiger partial charge in [-0.1, -0.05) is 24.3 Å². The number of hydrogen-bond donors (Lipinski definition) is 1. The molecule has 1 aromatic carbocycles. The maximum atomic E-state index is 4.35. The number of aromatic nitrogens is 2. The third-order valence-corrected chi connectivity index (χ3v) is 3.43. The summed E-state index contributed by atoms with van der Waals surface area (Å²) in [7, 11) is 1.95. The van der Waals surface area contributed by atoms with Crippen LogP contribution in [0.1, 0.15) is 22.7 Å². The Balaban J connectivity index is 1.51. The van der Waals surface area contributed by atoms with Crippen molar-refractivity contribution >= 4 is 0 Å². The van der Waals surface area contributed by atoms with E-state index in [9.17, 15) is 0 Å². The van der Waals surface area contributed by atoms with Gasteiger partial charge in [-0.05, 0) is 23.6 Å². The maximum absolute atomic E-state index is 4.35. The molecule has 0 saturated heterocycles. The molecule has 1 aromatic heterocycles. The number of benzene rings is 1. The first kappa shape index (κ1) is 10.5. The van der Waals surface area contributed by atoms with E-state index in [4.69, 9.17) is 0 Å². The normalized spacial score (nSPS) is 17.6. The average Bonchev–Trinajstić information content (AvgIpc) is 2.71. The molecule has 0 aliphatic heterocycles. The van der Waals surface area contributed by atoms with Crippen LogP contribution in [0.15, 0.2) is 36.5 Å². The molecular formula is C14H17N3. The van der Waals surface area contributed by atoms with Crippen molar-refractivity contribution in [3.05, 3.63) is 53.3 Å². The highest BCUT2D eigenvalue weighted by molar-refractivity contribution is 5.40. The van der Waals surface area contributed by atoms with Crippen molar-refractivity contribution in [2.75, 3.05) is 6.54 Å². The molecule has 3 rings (SSSR count). The highest BCUT2D eigenvalue weighted by Gasteiger charge is 2.24. The summed E-state index contributed by atoms with van der Waals surface area (Å²) in [5.74, 6) is 0.690. The summed E-state index contributed by atoms with van der Waals surface area (Å²) in [6, 6.07) is 10.8. The second-order valence-corrected chi connectivity index (χ2v) is 4.71. The number of aryl methyl sites for hydroxylation is 1. The molecule has 3 nitrogen and oxygen atoms in total. The fourth-order valence-electron chi connectivity index (χ4n) is 2.48. The van der Waals surface area contributed by atoms with Crippen LogP contribution in [0.4, 0.5) is 0 Å². The smallest absolute Gasteiger partial charge is 0.0762 e. The predicted octanol–water partition coefficient (Wildman–Crippen LogP) is 1.85. The van der Waals surface area contributed by atoms with Crippen molar-refractivity contribution in [1.29, 1.82) is 0 Å². The summed E-state index contributed by atoms with van der Waals surface area (Å²) in [5.41, 5.74) is 4.14. The predicted molar refractivity (Wildman–Crippen MR) is 67.8 cm³/mol. The molecule has 0 saturated carbocycles. The third-order valence-electron chi connectivity index (χ3n) is 3.43. The Kier molecular flexibility index (Phi) is 2.69. The number of nitrogens with zero attached hydrogens (tertiary/aromatic N) is 2. The van der Waals surface area contributed by atoms with Gasteiger partial charge in [-0.15, -0.1) is 0 Å². The lowest BCUT2D eigenvalue weighted by molar-refractivity contribution is 0.530. The SMILES string of the molecule is Cn1ccc(CNCC2Cc3ccccc32)n1. The van der Waals surface area contributed by atoms with Crippen molar-refractivity contribution in [2.24, 2.45) is 7.05 Å². The molecule has 0 radical (unpaired) electrons. The minimum Gasteiger partial charge on any atom is -0.310 e. The van der Waals surface area contributed by atoms with Crippen LogP contribution in [-0.2, 0) is 20.0 Å². The van der Waals surface area contributed by atoms with Gasteiger partial charge in [0.2, 0.25) is 0 Å². The lowest BCUT2D eigenvalue weighted by Gasteiger charge is -2.30. The van der Waals surface area contributed by atoms with Gasteiger partial charge in [-0.25, -0.2) is 0 Å². The van der Waals surface area contributed by atoms with E-state index in [0.29, 0.717) is 5.92 Å². The molecule has 1 atom stereocenters. The molecule has 0 bridgehead atoms. The lowest BCUT2D eigenvalue weighted by atomic mass is 9.77. The molecule has 17 heavy (non-hydrogen) atoms. The second kappa shape index (κ2) is 4.34. The summed E-state index contributed by atoms with van der Waals surface area (Å²) in [6.07, 6.45) is 3.20. The molecule has 3 heteroatoms. The quantitative estimate of drug-likeness (QED) is 0.864. The molecule has 1 N–H and O–H groups in total. The van der Waals surface area contributed by atoms with Crippen LogP contribution in [0.5, 0.6) is 0 Å². The zero-order valence-electron chi connectivity index (χ0n) is 10.1. The van der Waals surface area contributed by atoms with Gasteiger partial charge in [-0.3, -0.25) is 4.68 Å². The Bertz CT molecular complexity index is 516. The van der Waals surface area contributed by atoms with Crippen LogP contribution in [0.3, 0.4) is 0 Å². The van der Waals surface area contributed by atoms with Gasteiger partial charge < -0.3 is 5.32 Å². The molecule has 1 aliphatic rings. The van der Waals surface area contributed by atoms with Crippen molar-refractivity contribution in [3.63, 3.8) is 0 Å². The van der Waals surface area contributed by atoms with Gasteiger partial charge in [0.05, 0.1) is 5.69 Å². The number of nitrogens with one attached hydrogen (secondary N) is 1. The lowest BCUT2D eigenvalue weighted by Crippen LogP contribution is -2.28. The third kappa shape index (κ3) is 2.11. The second-order valence-electron chi connectivity index (χ2n) is 4.71. The number of rotatable bonds is 4. The van der Waals surface area contributed by atoms with E-state index in [0.717, 1.165) is 18.8 Å². The maximum Gasteiger partial charge on any atom is 0.0762 e. The Morgan fingerprint density at radius 3 is 3.00 bits per heavy atom. The fourth-order valence-corrected chi connectivity index (χ4v) is 2.48. The zero-order chi connectivity index (χ0) is 11.7. The van der Waals surface area contributed by atoms with Crippen LogP contribution in [-0.4, -0.2) is 16.3 Å². The van der Waals surface area contributed by atoms with Crippen LogP contribution in [0, 0.1) is 0 Å². The topological polar surface area (TPSA) is 29.9 Å². The standard InChI is InChI=1S/C14H17N3/c1-17-7-6-13(16-17)10-15-9-12-8-11-4-2-3-5-14(11)12/h2-7,12,15H,8-10H2,1H3. The summed E-state index contributed by atoms with van der Waals surface area (Å²) in [6.45, 7) is 1.91. The molecule has 1 heterocycles. The van der Waals surface area contributed by atoms with E-state index in [1.165, 1.54) is 17.5 Å². The summed E-state index contributed by atoms with van der Waals surface area (Å²) in [5, 5.41) is 7.83. The summed E-state index contributed by atoms with van der Waals surface area (Å²) in [4.78, 5) is 0. The highest BCUT2D eigenvalue weighted by Crippen LogP contribution is 2.33. The van der Waals surface area contributed by atoms with Gasteiger partial charge in [0.25, 0.3) is 0 Å². The highest BCUT2D eigenvalue weighted by atomic mass is 15.3. The van der Waals surface area contributed by atoms with E-state index in [1.54, 1.807) is 0 Å². The van der Waals surface area contributed by atoms with Crippen molar-refractivity contribution in [1.82, 2.24) is 15.1 Å². The van der Waals surface area contributed by atoms with Crippen molar-refractivity contribution in [3.8, 4) is 0 Å². The Hall–Kier alpha value is -1.61. The van der Waals surface area contributed by atoms with Crippen LogP contribution >= 0.6 is 0 Å². The Morgan fingerprint density at radius 2 is 2.24 bits per heavy atom. The van der Waals surface area contributed by atoms with E-state index in [1.807, 2.05) is 17.9 Å². The minimum absolute atomic E-state index is 0.690. The van der Waals surface area contributed by atoms with E-state index >= 15 is 0 Å². The van der Waals surface area contributed by atoms with Gasteiger partial charge in [0.15, 0.2) is 0 Å². The fraction of sp³-hybridized carbons (Fsp3) is 0.357. The Morgan fingerprint density at radius 1 is 1.35 bits per heavy atom. The molecule has 2 aromatic rings. The number of fused-ring (bicyclic) bond motifs is 1. The van der Waals surface area contributed by atoms with Gasteiger partial charge in [0, 0.05) is 32.3 Å². The average molecular weight is 227 g/mol. The van der Waals surface area contributed by atoms with Crippen LogP contribution < -0.4 is 5.32 Å². The molecule has 1 aliphatic carbocycles. The largest absolute Gasteiger partial charge is 0.310 e. The first-order valence-corrected chi connectivity index (χ1v) is 6.10. The van der Waals surface area contributed by atoms with Crippen LogP contribution in [0.2, 0.25) is 0 Å². The number of hydrogen-bond acceptors (Lipinski definition) is 2. The summed E-state index contributed by atoms with van der Waals surface area (Å²) >= 11 is 0. The van der Waals surface area contributed by atoms with Crippen molar-refractivity contribution in [2.45, 2.75) is 18.9 Å². The van der Waals surface area contributed by atoms with Gasteiger partial charge in [0.1, 0.15) is 0 Å². The summed E-state index contributed by atoms with van der Waals surface area (Å²) < 4.78 is 1.84. The molecular weight excluding hydrogens is 210 g/mol. The molecule has 0 spiro atoms. The Labute approximate surface area is 101 Å². The first-order chi connectivity index (χ1) is 8.33. The minimum atomic E-state index is 0.690. The molecule has 1 unspecified atom stereocenters.